The molecule has 0 aliphatic carbocycles. The number of carbonyl (C=O) groups is 2. The highest BCUT2D eigenvalue weighted by molar-refractivity contribution is 7.92. The molecular weight excluding hydrogens is 569 g/mol. The number of nitrogens with one attached hydrogen (secondary N) is 1. The normalized spacial score (nSPS) is 11.8. The Balaban J connectivity index is 1.78. The third-order valence-corrected chi connectivity index (χ3v) is 8.65. The molecule has 43 heavy (non-hydrogen) atoms. The Kier molecular flexibility index (Phi) is 10.5. The summed E-state index contributed by atoms with van der Waals surface area (Å²) < 4.78 is 49.3. The zero-order valence-electron chi connectivity index (χ0n) is 24.0. The second-order valence-electron chi connectivity index (χ2n) is 9.68. The number of hydrogen-bond donors (Lipinski definition) is 1. The number of rotatable bonds is 13. The topological polar surface area (TPSA) is 96.0 Å². The third-order valence-electron chi connectivity index (χ3n) is 6.86. The van der Waals surface area contributed by atoms with Crippen LogP contribution < -0.4 is 14.4 Å². The molecule has 2 amide bonds. The van der Waals surface area contributed by atoms with Gasteiger partial charge in [-0.15, -0.1) is 0 Å². The Hall–Kier alpha value is -4.70. The minimum atomic E-state index is -4.23. The van der Waals surface area contributed by atoms with Gasteiger partial charge in [-0.1, -0.05) is 66.7 Å². The van der Waals surface area contributed by atoms with E-state index in [2.05, 4.69) is 5.32 Å². The van der Waals surface area contributed by atoms with Gasteiger partial charge in [0, 0.05) is 25.6 Å². The maximum Gasteiger partial charge on any atom is 0.264 e. The number of halogens is 1. The van der Waals surface area contributed by atoms with Crippen molar-refractivity contribution in [1.82, 2.24) is 10.2 Å². The molecule has 0 aliphatic heterocycles. The van der Waals surface area contributed by atoms with Gasteiger partial charge in [0.25, 0.3) is 10.0 Å². The van der Waals surface area contributed by atoms with Gasteiger partial charge in [-0.3, -0.25) is 13.9 Å². The summed E-state index contributed by atoms with van der Waals surface area (Å²) in [5.74, 6) is -1.15. The Bertz CT molecular complexity index is 1620. The van der Waals surface area contributed by atoms with Crippen LogP contribution in [-0.4, -0.2) is 51.4 Å². The molecule has 0 unspecified atom stereocenters. The Labute approximate surface area is 251 Å². The van der Waals surface area contributed by atoms with Crippen molar-refractivity contribution in [2.75, 3.05) is 24.5 Å². The predicted molar refractivity (Wildman–Crippen MR) is 164 cm³/mol. The highest BCUT2D eigenvalue weighted by Crippen LogP contribution is 2.27. The van der Waals surface area contributed by atoms with E-state index in [1.807, 2.05) is 37.3 Å². The fourth-order valence-electron chi connectivity index (χ4n) is 4.65. The second-order valence-corrected chi connectivity index (χ2v) is 11.5. The molecule has 8 nitrogen and oxygen atoms in total. The number of benzene rings is 4. The number of nitrogens with zero attached hydrogens (tertiary/aromatic N) is 2. The van der Waals surface area contributed by atoms with Crippen LogP contribution in [0.15, 0.2) is 114 Å². The fourth-order valence-corrected chi connectivity index (χ4v) is 6.09. The fraction of sp³-hybridized carbons (Fsp3) is 0.212. The lowest BCUT2D eigenvalue weighted by molar-refractivity contribution is -0.139. The number of hydrogen-bond acceptors (Lipinski definition) is 5. The first-order chi connectivity index (χ1) is 20.7. The van der Waals surface area contributed by atoms with Gasteiger partial charge in [-0.2, -0.15) is 0 Å². The molecule has 10 heteroatoms. The first-order valence-electron chi connectivity index (χ1n) is 13.8. The summed E-state index contributed by atoms with van der Waals surface area (Å²) in [7, 11) is -2.77. The van der Waals surface area contributed by atoms with Crippen LogP contribution in [0.5, 0.6) is 5.75 Å². The van der Waals surface area contributed by atoms with Gasteiger partial charge in [0.1, 0.15) is 24.2 Å². The summed E-state index contributed by atoms with van der Waals surface area (Å²) in [5, 5.41) is 2.61. The molecule has 0 radical (unpaired) electrons. The smallest absolute Gasteiger partial charge is 0.264 e. The minimum absolute atomic E-state index is 0.00975. The number of sulfonamides is 1. The number of ether oxygens (including phenoxy) is 1. The molecule has 224 valence electrons. The van der Waals surface area contributed by atoms with E-state index < -0.39 is 40.2 Å². The van der Waals surface area contributed by atoms with E-state index in [1.54, 1.807) is 48.5 Å². The van der Waals surface area contributed by atoms with Gasteiger partial charge in [-0.05, 0) is 55.0 Å². The number of likely N-dealkylation sites (N-methyl/N-ethyl adjacent to an activating group) is 1. The number of anilines is 1. The van der Waals surface area contributed by atoms with E-state index in [-0.39, 0.29) is 29.1 Å². The summed E-state index contributed by atoms with van der Waals surface area (Å²) in [6, 6.07) is 28.2. The molecule has 0 saturated heterocycles. The molecular formula is C33H34FN3O5S. The van der Waals surface area contributed by atoms with Crippen molar-refractivity contribution in [2.24, 2.45) is 0 Å². The van der Waals surface area contributed by atoms with E-state index in [1.165, 1.54) is 42.3 Å². The lowest BCUT2D eigenvalue weighted by atomic mass is 10.0. The predicted octanol–water partition coefficient (Wildman–Crippen LogP) is 4.81. The highest BCUT2D eigenvalue weighted by atomic mass is 32.2. The second kappa shape index (κ2) is 14.5. The van der Waals surface area contributed by atoms with Crippen LogP contribution in [0.3, 0.4) is 0 Å². The van der Waals surface area contributed by atoms with E-state index in [0.29, 0.717) is 12.4 Å². The average Bonchev–Trinajstić information content (AvgIpc) is 3.03. The van der Waals surface area contributed by atoms with Crippen LogP contribution in [0.25, 0.3) is 0 Å². The molecule has 0 spiro atoms. The third kappa shape index (κ3) is 7.78. The minimum Gasteiger partial charge on any atom is -0.494 e. The van der Waals surface area contributed by atoms with E-state index >= 15 is 0 Å². The van der Waals surface area contributed by atoms with Crippen LogP contribution in [0.4, 0.5) is 10.1 Å². The maximum atomic E-state index is 14.9. The van der Waals surface area contributed by atoms with Gasteiger partial charge in [-0.25, -0.2) is 12.8 Å². The van der Waals surface area contributed by atoms with Gasteiger partial charge in [0.2, 0.25) is 11.8 Å². The van der Waals surface area contributed by atoms with Gasteiger partial charge in [0.05, 0.1) is 17.2 Å². The van der Waals surface area contributed by atoms with E-state index in [9.17, 15) is 22.4 Å². The van der Waals surface area contributed by atoms with Crippen LogP contribution in [0.2, 0.25) is 0 Å². The quantitative estimate of drug-likeness (QED) is 0.237. The van der Waals surface area contributed by atoms with Crippen LogP contribution in [0.1, 0.15) is 18.1 Å². The Morgan fingerprint density at radius 1 is 0.860 bits per heavy atom. The molecule has 0 bridgehead atoms. The molecule has 4 rings (SSSR count). The van der Waals surface area contributed by atoms with Crippen molar-refractivity contribution in [3.8, 4) is 5.75 Å². The lowest BCUT2D eigenvalue weighted by Gasteiger charge is -2.33. The number of carbonyl (C=O) groups excluding carboxylic acids is 2. The SMILES string of the molecule is CCOc1ccc(N(CC(=O)N(Cc2ccccc2F)[C@H](Cc2ccccc2)C(=O)NC)S(=O)(=O)c2ccccc2)cc1. The van der Waals surface area contributed by atoms with Crippen molar-refractivity contribution >= 4 is 27.5 Å². The van der Waals surface area contributed by atoms with Gasteiger partial charge < -0.3 is 15.0 Å². The molecule has 0 aliphatic rings. The van der Waals surface area contributed by atoms with Crippen molar-refractivity contribution in [1.29, 1.82) is 0 Å². The molecule has 1 atom stereocenters. The van der Waals surface area contributed by atoms with Crippen molar-refractivity contribution in [3.05, 3.63) is 126 Å². The molecule has 0 saturated carbocycles. The zero-order valence-corrected chi connectivity index (χ0v) is 24.8. The number of amides is 2. The molecule has 1 N–H and O–H groups in total. The molecule has 0 fully saturated rings. The van der Waals surface area contributed by atoms with Crippen LogP contribution in [-0.2, 0) is 32.6 Å². The zero-order chi connectivity index (χ0) is 30.8. The van der Waals surface area contributed by atoms with E-state index in [0.717, 1.165) is 9.87 Å². The first kappa shape index (κ1) is 31.2. The summed E-state index contributed by atoms with van der Waals surface area (Å²) in [6.07, 6.45) is 0.134. The summed E-state index contributed by atoms with van der Waals surface area (Å²) in [6.45, 7) is 1.37. The highest BCUT2D eigenvalue weighted by Gasteiger charge is 2.34. The Morgan fingerprint density at radius 2 is 1.47 bits per heavy atom. The maximum absolute atomic E-state index is 14.9. The van der Waals surface area contributed by atoms with E-state index in [4.69, 9.17) is 4.74 Å². The van der Waals surface area contributed by atoms with Gasteiger partial charge in [0.15, 0.2) is 0 Å². The molecule has 0 aromatic heterocycles. The lowest BCUT2D eigenvalue weighted by Crippen LogP contribution is -2.53. The van der Waals surface area contributed by atoms with Crippen molar-refractivity contribution < 1.29 is 27.1 Å². The summed E-state index contributed by atoms with van der Waals surface area (Å²) >= 11 is 0. The van der Waals surface area contributed by atoms with Crippen molar-refractivity contribution in [3.63, 3.8) is 0 Å². The monoisotopic (exact) mass is 603 g/mol. The van der Waals surface area contributed by atoms with Crippen molar-refractivity contribution in [2.45, 2.75) is 30.8 Å². The van der Waals surface area contributed by atoms with Crippen LogP contribution in [0, 0.1) is 5.82 Å². The van der Waals surface area contributed by atoms with Gasteiger partial charge >= 0.3 is 0 Å². The molecule has 0 heterocycles. The largest absolute Gasteiger partial charge is 0.494 e. The molecule has 4 aromatic carbocycles. The van der Waals surface area contributed by atoms with Crippen LogP contribution >= 0.6 is 0 Å². The first-order valence-corrected chi connectivity index (χ1v) is 15.3. The Morgan fingerprint density at radius 3 is 2.07 bits per heavy atom. The average molecular weight is 604 g/mol. The summed E-state index contributed by atoms with van der Waals surface area (Å²) in [5.41, 5.74) is 1.20. The summed E-state index contributed by atoms with van der Waals surface area (Å²) in [4.78, 5) is 28.7. The standard InChI is InChI=1S/C33H34FN3O5S/c1-3-42-28-20-18-27(19-21-28)37(43(40,41)29-15-8-5-9-16-29)24-32(38)36(23-26-14-10-11-17-30(26)34)31(33(39)35-2)22-25-12-6-4-7-13-25/h4-21,31H,3,22-24H2,1-2H3,(H,35,39)/t31-/m1/s1. The molecule has 4 aromatic rings.